The van der Waals surface area contributed by atoms with E-state index < -0.39 is 21.7 Å². The van der Waals surface area contributed by atoms with Gasteiger partial charge in [0.2, 0.25) is 15.9 Å². The smallest absolute Gasteiger partial charge is 0.243 e. The van der Waals surface area contributed by atoms with Gasteiger partial charge in [-0.3, -0.25) is 4.79 Å². The van der Waals surface area contributed by atoms with Crippen molar-refractivity contribution in [3.63, 3.8) is 0 Å². The van der Waals surface area contributed by atoms with Gasteiger partial charge in [0, 0.05) is 38.3 Å². The summed E-state index contributed by atoms with van der Waals surface area (Å²) in [5.74, 6) is -2.24. The van der Waals surface area contributed by atoms with E-state index in [1.807, 2.05) is 0 Å². The summed E-state index contributed by atoms with van der Waals surface area (Å²) in [6.45, 7) is 4.35. The minimum atomic E-state index is -3.51. The van der Waals surface area contributed by atoms with Crippen molar-refractivity contribution in [2.75, 3.05) is 25.0 Å². The number of carbonyl (C=O) groups excluding carboxylic acids is 1. The van der Waals surface area contributed by atoms with Crippen LogP contribution in [0, 0.1) is 11.6 Å². The van der Waals surface area contributed by atoms with Crippen molar-refractivity contribution in [1.29, 1.82) is 0 Å². The Kier molecular flexibility index (Phi) is 7.26. The van der Waals surface area contributed by atoms with Gasteiger partial charge in [0.25, 0.3) is 0 Å². The van der Waals surface area contributed by atoms with Crippen LogP contribution in [0.4, 0.5) is 14.5 Å². The monoisotopic (exact) mass is 410 g/mol. The molecular formula is C20H24F2N2O3S. The highest BCUT2D eigenvalue weighted by molar-refractivity contribution is 7.89. The third-order valence-corrected chi connectivity index (χ3v) is 6.62. The van der Waals surface area contributed by atoms with Crippen LogP contribution in [0.1, 0.15) is 25.8 Å². The Hall–Kier alpha value is -2.32. The van der Waals surface area contributed by atoms with E-state index in [9.17, 15) is 22.0 Å². The van der Waals surface area contributed by atoms with Crippen LogP contribution in [-0.2, 0) is 21.2 Å². The molecule has 2 aromatic carbocycles. The number of amides is 1. The molecule has 0 saturated carbocycles. The Morgan fingerprint density at radius 3 is 2.11 bits per heavy atom. The van der Waals surface area contributed by atoms with E-state index in [1.165, 1.54) is 34.5 Å². The van der Waals surface area contributed by atoms with Crippen molar-refractivity contribution in [1.82, 2.24) is 4.31 Å². The molecule has 0 bridgehead atoms. The van der Waals surface area contributed by atoms with Gasteiger partial charge in [0.1, 0.15) is 0 Å². The molecule has 0 aliphatic carbocycles. The number of carbonyl (C=O) groups is 1. The van der Waals surface area contributed by atoms with Crippen molar-refractivity contribution in [3.8, 4) is 0 Å². The lowest BCUT2D eigenvalue weighted by Crippen LogP contribution is -2.30. The van der Waals surface area contributed by atoms with E-state index in [1.54, 1.807) is 26.0 Å². The number of rotatable bonds is 8. The Morgan fingerprint density at radius 2 is 1.57 bits per heavy atom. The number of nitrogens with zero attached hydrogens (tertiary/aromatic N) is 2. The van der Waals surface area contributed by atoms with Gasteiger partial charge in [0.05, 0.1) is 4.90 Å². The van der Waals surface area contributed by atoms with Crippen molar-refractivity contribution in [2.45, 2.75) is 31.6 Å². The molecule has 1 amide bonds. The molecule has 0 aliphatic heterocycles. The van der Waals surface area contributed by atoms with Crippen molar-refractivity contribution in [2.24, 2.45) is 0 Å². The van der Waals surface area contributed by atoms with Gasteiger partial charge in [-0.25, -0.2) is 17.2 Å². The average Bonchev–Trinajstić information content (AvgIpc) is 2.68. The van der Waals surface area contributed by atoms with E-state index in [-0.39, 0.29) is 22.9 Å². The number of aryl methyl sites for hydroxylation is 1. The van der Waals surface area contributed by atoms with Crippen LogP contribution in [-0.4, -0.2) is 38.8 Å². The molecule has 5 nitrogen and oxygen atoms in total. The van der Waals surface area contributed by atoms with Crippen LogP contribution in [0.5, 0.6) is 0 Å². The Balaban J connectivity index is 2.02. The summed E-state index contributed by atoms with van der Waals surface area (Å²) in [6.07, 6.45) is 0.552. The number of hydrogen-bond acceptors (Lipinski definition) is 3. The lowest BCUT2D eigenvalue weighted by Gasteiger charge is -2.19. The van der Waals surface area contributed by atoms with E-state index in [0.717, 1.165) is 17.7 Å². The molecule has 0 N–H and O–H groups in total. The quantitative estimate of drug-likeness (QED) is 0.668. The molecule has 28 heavy (non-hydrogen) atoms. The molecule has 152 valence electrons. The maximum Gasteiger partial charge on any atom is 0.243 e. The van der Waals surface area contributed by atoms with Gasteiger partial charge in [-0.1, -0.05) is 26.0 Å². The summed E-state index contributed by atoms with van der Waals surface area (Å²) in [4.78, 5) is 13.8. The van der Waals surface area contributed by atoms with E-state index in [2.05, 4.69) is 0 Å². The van der Waals surface area contributed by atoms with Gasteiger partial charge in [0.15, 0.2) is 11.6 Å². The lowest BCUT2D eigenvalue weighted by molar-refractivity contribution is -0.118. The first kappa shape index (κ1) is 22.0. The second-order valence-corrected chi connectivity index (χ2v) is 8.22. The van der Waals surface area contributed by atoms with Crippen LogP contribution in [0.25, 0.3) is 0 Å². The normalized spacial score (nSPS) is 11.6. The molecule has 0 unspecified atom stereocenters. The van der Waals surface area contributed by atoms with E-state index >= 15 is 0 Å². The maximum atomic E-state index is 13.3. The van der Waals surface area contributed by atoms with E-state index in [4.69, 9.17) is 0 Å². The fourth-order valence-electron chi connectivity index (χ4n) is 2.80. The predicted octanol–water partition coefficient (Wildman–Crippen LogP) is 3.59. The highest BCUT2D eigenvalue weighted by Crippen LogP contribution is 2.19. The van der Waals surface area contributed by atoms with Crippen LogP contribution in [0.2, 0.25) is 0 Å². The molecule has 2 rings (SSSR count). The molecular weight excluding hydrogens is 386 g/mol. The van der Waals surface area contributed by atoms with E-state index in [0.29, 0.717) is 19.5 Å². The average molecular weight is 410 g/mol. The first-order valence-corrected chi connectivity index (χ1v) is 10.4. The van der Waals surface area contributed by atoms with Gasteiger partial charge < -0.3 is 4.90 Å². The number of benzene rings is 2. The van der Waals surface area contributed by atoms with Crippen molar-refractivity contribution < 1.29 is 22.0 Å². The Morgan fingerprint density at radius 1 is 0.964 bits per heavy atom. The van der Waals surface area contributed by atoms with Gasteiger partial charge >= 0.3 is 0 Å². The van der Waals surface area contributed by atoms with Crippen molar-refractivity contribution >= 4 is 21.6 Å². The molecule has 0 atom stereocenters. The number of halogens is 2. The standard InChI is InChI=1S/C20H24F2N2O3S/c1-4-24(5-2)28(26,27)17-10-6-15(7-11-17)8-13-20(25)23(3)16-9-12-18(21)19(22)14-16/h6-7,9-12,14H,4-5,8,13H2,1-3H3. The van der Waals surface area contributed by atoms with Crippen LogP contribution >= 0.6 is 0 Å². The summed E-state index contributed by atoms with van der Waals surface area (Å²) >= 11 is 0. The molecule has 0 saturated heterocycles. The van der Waals surface area contributed by atoms with Crippen LogP contribution in [0.3, 0.4) is 0 Å². The molecule has 8 heteroatoms. The van der Waals surface area contributed by atoms with Gasteiger partial charge in [-0.15, -0.1) is 0 Å². The highest BCUT2D eigenvalue weighted by atomic mass is 32.2. The molecule has 0 fully saturated rings. The topological polar surface area (TPSA) is 57.7 Å². The summed E-state index contributed by atoms with van der Waals surface area (Å²) in [5.41, 5.74) is 1.08. The molecule has 2 aromatic rings. The molecule has 0 aromatic heterocycles. The fourth-order valence-corrected chi connectivity index (χ4v) is 4.26. The minimum absolute atomic E-state index is 0.150. The molecule has 0 spiro atoms. The van der Waals surface area contributed by atoms with Gasteiger partial charge in [-0.05, 0) is 36.2 Å². The Labute approximate surface area is 164 Å². The third-order valence-electron chi connectivity index (χ3n) is 4.56. The minimum Gasteiger partial charge on any atom is -0.315 e. The zero-order valence-electron chi connectivity index (χ0n) is 16.2. The summed E-state index contributed by atoms with van der Waals surface area (Å²) in [6, 6.07) is 9.72. The summed E-state index contributed by atoms with van der Waals surface area (Å²) in [5, 5.41) is 0. The first-order chi connectivity index (χ1) is 13.2. The fraction of sp³-hybridized carbons (Fsp3) is 0.350. The SMILES string of the molecule is CCN(CC)S(=O)(=O)c1ccc(CCC(=O)N(C)c2ccc(F)c(F)c2)cc1. The molecule has 0 radical (unpaired) electrons. The molecule has 0 heterocycles. The number of anilines is 1. The Bertz CT molecular complexity index is 927. The largest absolute Gasteiger partial charge is 0.315 e. The number of hydrogen-bond donors (Lipinski definition) is 0. The lowest BCUT2D eigenvalue weighted by atomic mass is 10.1. The molecule has 0 aliphatic rings. The summed E-state index contributed by atoms with van der Waals surface area (Å²) in [7, 11) is -2.02. The summed E-state index contributed by atoms with van der Waals surface area (Å²) < 4.78 is 52.7. The second-order valence-electron chi connectivity index (χ2n) is 6.28. The third kappa shape index (κ3) is 4.94. The predicted molar refractivity (Wildman–Crippen MR) is 105 cm³/mol. The number of sulfonamides is 1. The zero-order valence-corrected chi connectivity index (χ0v) is 17.0. The van der Waals surface area contributed by atoms with Crippen molar-refractivity contribution in [3.05, 3.63) is 59.7 Å². The maximum absolute atomic E-state index is 13.3. The zero-order chi connectivity index (χ0) is 20.9. The van der Waals surface area contributed by atoms with Crippen LogP contribution < -0.4 is 4.90 Å². The first-order valence-electron chi connectivity index (χ1n) is 9.01. The van der Waals surface area contributed by atoms with Crippen LogP contribution in [0.15, 0.2) is 47.4 Å². The second kappa shape index (κ2) is 9.25. The highest BCUT2D eigenvalue weighted by Gasteiger charge is 2.21. The van der Waals surface area contributed by atoms with Gasteiger partial charge in [-0.2, -0.15) is 4.31 Å².